The molecule has 0 aliphatic carbocycles. The van der Waals surface area contributed by atoms with Crippen LogP contribution in [-0.4, -0.2) is 6.54 Å². The highest BCUT2D eigenvalue weighted by Crippen LogP contribution is 2.15. The minimum Gasteiger partial charge on any atom is -0.0937 e. The minimum absolute atomic E-state index is 0.575. The summed E-state index contributed by atoms with van der Waals surface area (Å²) in [6.45, 7) is 7.18. The van der Waals surface area contributed by atoms with E-state index in [2.05, 4.69) is 30.8 Å². The monoisotopic (exact) mass is 155 g/mol. The van der Waals surface area contributed by atoms with E-state index in [0.29, 0.717) is 18.4 Å². The predicted molar refractivity (Wildman–Crippen MR) is 47.2 cm³/mol. The Bertz CT molecular complexity index is 136. The summed E-state index contributed by atoms with van der Waals surface area (Å²) in [6.07, 6.45) is 2.27. The standard InChI is InChI=1S/C8H17N3/c1-4-8(5-7(2)3)6-10-11-9/h7-8H,4-6H2,1-3H3. The first-order valence-corrected chi connectivity index (χ1v) is 4.21. The van der Waals surface area contributed by atoms with Crippen molar-refractivity contribution in [3.05, 3.63) is 10.4 Å². The first kappa shape index (κ1) is 10.3. The van der Waals surface area contributed by atoms with E-state index >= 15 is 0 Å². The number of hydrogen-bond donors (Lipinski definition) is 0. The van der Waals surface area contributed by atoms with E-state index in [0.717, 1.165) is 12.8 Å². The van der Waals surface area contributed by atoms with Gasteiger partial charge >= 0.3 is 0 Å². The Morgan fingerprint density at radius 1 is 1.45 bits per heavy atom. The molecule has 0 spiro atoms. The van der Waals surface area contributed by atoms with Gasteiger partial charge in [-0.15, -0.1) is 0 Å². The molecular weight excluding hydrogens is 138 g/mol. The van der Waals surface area contributed by atoms with Crippen molar-refractivity contribution in [2.75, 3.05) is 6.54 Å². The van der Waals surface area contributed by atoms with Crippen LogP contribution < -0.4 is 0 Å². The van der Waals surface area contributed by atoms with Crippen LogP contribution in [0.25, 0.3) is 10.4 Å². The van der Waals surface area contributed by atoms with E-state index in [1.807, 2.05) is 0 Å². The van der Waals surface area contributed by atoms with Gasteiger partial charge < -0.3 is 0 Å². The fraction of sp³-hybridized carbons (Fsp3) is 1.00. The van der Waals surface area contributed by atoms with Gasteiger partial charge in [0.05, 0.1) is 0 Å². The number of hydrogen-bond acceptors (Lipinski definition) is 1. The van der Waals surface area contributed by atoms with Gasteiger partial charge in [0.2, 0.25) is 0 Å². The number of rotatable bonds is 5. The third kappa shape index (κ3) is 5.74. The van der Waals surface area contributed by atoms with Crippen molar-refractivity contribution >= 4 is 0 Å². The van der Waals surface area contributed by atoms with Crippen LogP contribution in [0, 0.1) is 11.8 Å². The molecule has 0 radical (unpaired) electrons. The molecule has 11 heavy (non-hydrogen) atoms. The van der Waals surface area contributed by atoms with Crippen molar-refractivity contribution in [2.45, 2.75) is 33.6 Å². The third-order valence-electron chi connectivity index (χ3n) is 1.79. The van der Waals surface area contributed by atoms with Crippen LogP contribution >= 0.6 is 0 Å². The zero-order valence-corrected chi connectivity index (χ0v) is 7.62. The topological polar surface area (TPSA) is 48.8 Å². The number of azide groups is 1. The summed E-state index contributed by atoms with van der Waals surface area (Å²) in [7, 11) is 0. The molecule has 0 N–H and O–H groups in total. The molecule has 0 aliphatic heterocycles. The maximum atomic E-state index is 8.10. The van der Waals surface area contributed by atoms with E-state index in [1.165, 1.54) is 0 Å². The summed E-state index contributed by atoms with van der Waals surface area (Å²) in [5, 5.41) is 3.58. The quantitative estimate of drug-likeness (QED) is 0.332. The summed E-state index contributed by atoms with van der Waals surface area (Å²) in [5.41, 5.74) is 8.10. The molecule has 0 aromatic rings. The van der Waals surface area contributed by atoms with Gasteiger partial charge in [0.1, 0.15) is 0 Å². The Labute approximate surface area is 68.4 Å². The minimum atomic E-state index is 0.575. The SMILES string of the molecule is CCC(CN=[N+]=[N-])CC(C)C. The van der Waals surface area contributed by atoms with Gasteiger partial charge in [0, 0.05) is 11.5 Å². The highest BCUT2D eigenvalue weighted by molar-refractivity contribution is 4.62. The van der Waals surface area contributed by atoms with E-state index in [9.17, 15) is 0 Å². The molecule has 0 saturated heterocycles. The lowest BCUT2D eigenvalue weighted by Crippen LogP contribution is -2.06. The van der Waals surface area contributed by atoms with Gasteiger partial charge in [-0.1, -0.05) is 32.3 Å². The smallest absolute Gasteiger partial charge is 0.0286 e. The molecule has 0 bridgehead atoms. The maximum Gasteiger partial charge on any atom is 0.0286 e. The van der Waals surface area contributed by atoms with Crippen LogP contribution in [0.4, 0.5) is 0 Å². The lowest BCUT2D eigenvalue weighted by molar-refractivity contribution is 0.406. The summed E-state index contributed by atoms with van der Waals surface area (Å²) < 4.78 is 0. The lowest BCUT2D eigenvalue weighted by atomic mass is 9.95. The van der Waals surface area contributed by atoms with Crippen molar-refractivity contribution < 1.29 is 0 Å². The molecule has 0 amide bonds. The summed E-state index contributed by atoms with van der Waals surface area (Å²) >= 11 is 0. The normalized spacial score (nSPS) is 12.7. The van der Waals surface area contributed by atoms with Crippen molar-refractivity contribution in [3.8, 4) is 0 Å². The molecule has 0 rings (SSSR count). The second-order valence-electron chi connectivity index (χ2n) is 3.32. The Balaban J connectivity index is 3.66. The molecule has 3 nitrogen and oxygen atoms in total. The van der Waals surface area contributed by atoms with Crippen molar-refractivity contribution in [2.24, 2.45) is 17.0 Å². The van der Waals surface area contributed by atoms with E-state index in [1.54, 1.807) is 0 Å². The maximum absolute atomic E-state index is 8.10. The average Bonchev–Trinajstić information content (AvgIpc) is 1.97. The fourth-order valence-corrected chi connectivity index (χ4v) is 1.19. The fourth-order valence-electron chi connectivity index (χ4n) is 1.19. The Morgan fingerprint density at radius 2 is 2.09 bits per heavy atom. The zero-order valence-electron chi connectivity index (χ0n) is 7.62. The number of nitrogens with zero attached hydrogens (tertiary/aromatic N) is 3. The van der Waals surface area contributed by atoms with Crippen LogP contribution in [0.2, 0.25) is 0 Å². The molecular formula is C8H17N3. The van der Waals surface area contributed by atoms with Crippen molar-refractivity contribution in [3.63, 3.8) is 0 Å². The average molecular weight is 155 g/mol. The molecule has 0 aliphatic rings. The van der Waals surface area contributed by atoms with Gasteiger partial charge in [-0.3, -0.25) is 0 Å². The van der Waals surface area contributed by atoms with Crippen LogP contribution in [0.5, 0.6) is 0 Å². The molecule has 0 aromatic heterocycles. The molecule has 0 aromatic carbocycles. The Kier molecular flexibility index (Phi) is 5.67. The highest BCUT2D eigenvalue weighted by Gasteiger charge is 2.06. The van der Waals surface area contributed by atoms with E-state index in [4.69, 9.17) is 5.53 Å². The van der Waals surface area contributed by atoms with Crippen LogP contribution in [0.3, 0.4) is 0 Å². The van der Waals surface area contributed by atoms with Crippen molar-refractivity contribution in [1.29, 1.82) is 0 Å². The lowest BCUT2D eigenvalue weighted by Gasteiger charge is -2.13. The Morgan fingerprint density at radius 3 is 2.45 bits per heavy atom. The largest absolute Gasteiger partial charge is 0.0937 e. The predicted octanol–water partition coefficient (Wildman–Crippen LogP) is 3.37. The van der Waals surface area contributed by atoms with E-state index in [-0.39, 0.29) is 0 Å². The first-order valence-electron chi connectivity index (χ1n) is 4.21. The second kappa shape index (κ2) is 6.05. The van der Waals surface area contributed by atoms with Crippen LogP contribution in [0.1, 0.15) is 33.6 Å². The molecule has 0 heterocycles. The Hall–Kier alpha value is -0.690. The summed E-state index contributed by atoms with van der Waals surface area (Å²) in [5.74, 6) is 1.28. The van der Waals surface area contributed by atoms with Gasteiger partial charge in [0.15, 0.2) is 0 Å². The molecule has 0 fully saturated rings. The first-order chi connectivity index (χ1) is 5.20. The highest BCUT2D eigenvalue weighted by atomic mass is 15.1. The van der Waals surface area contributed by atoms with Gasteiger partial charge in [-0.25, -0.2) is 0 Å². The van der Waals surface area contributed by atoms with Gasteiger partial charge in [-0.05, 0) is 23.8 Å². The molecule has 1 unspecified atom stereocenters. The van der Waals surface area contributed by atoms with E-state index < -0.39 is 0 Å². The van der Waals surface area contributed by atoms with Gasteiger partial charge in [-0.2, -0.15) is 0 Å². The zero-order chi connectivity index (χ0) is 8.69. The third-order valence-corrected chi connectivity index (χ3v) is 1.79. The molecule has 3 heteroatoms. The summed E-state index contributed by atoms with van der Waals surface area (Å²) in [4.78, 5) is 2.76. The molecule has 1 atom stereocenters. The van der Waals surface area contributed by atoms with Crippen LogP contribution in [0.15, 0.2) is 5.11 Å². The van der Waals surface area contributed by atoms with Crippen LogP contribution in [-0.2, 0) is 0 Å². The molecule has 0 saturated carbocycles. The van der Waals surface area contributed by atoms with Gasteiger partial charge in [0.25, 0.3) is 0 Å². The summed E-state index contributed by atoms with van der Waals surface area (Å²) in [6, 6.07) is 0. The second-order valence-corrected chi connectivity index (χ2v) is 3.32. The molecule has 64 valence electrons. The van der Waals surface area contributed by atoms with Crippen molar-refractivity contribution in [1.82, 2.24) is 0 Å².